The molecule has 10 rings (SSSR count). The van der Waals surface area contributed by atoms with E-state index in [1.54, 1.807) is 36.1 Å². The number of piperidine rings is 2. The first-order valence-corrected chi connectivity index (χ1v) is 23.0. The molecule has 6 heterocycles. The van der Waals surface area contributed by atoms with Crippen molar-refractivity contribution in [2.75, 3.05) is 32.8 Å². The molecule has 0 spiro atoms. The number of carbonyl (C=O) groups excluding carboxylic acids is 3. The zero-order valence-corrected chi connectivity index (χ0v) is 38.0. The van der Waals surface area contributed by atoms with E-state index < -0.39 is 74.2 Å². The molecule has 5 aliphatic rings. The number of hydrogen-bond acceptors (Lipinski definition) is 17. The minimum Gasteiger partial charge on any atom is -0.457 e. The monoisotopic (exact) mass is 956 g/mol. The van der Waals surface area contributed by atoms with Crippen LogP contribution < -0.4 is 10.3 Å². The SMILES string of the molecule is CCc1c2c(nc3ccc(OC(=O)N4CCC(N5CCCCC5)CC4)cc13)-c1cc3c(c(=O)n1C2)COC(=O)[C@@]3(CC)OC(=O)CO/N=C1/c2cc([N+](=O)[O-])ccc2-c2c1cc([N+](=O)[O-])cc2[N+](=O)[O-]. The number of likely N-dealkylation sites (tertiary alicyclic amines) is 2. The number of fused-ring (bicyclic) bond motifs is 8. The van der Waals surface area contributed by atoms with Crippen LogP contribution in [0.4, 0.5) is 21.9 Å². The maximum Gasteiger partial charge on any atom is 0.415 e. The molecular weight excluding hydrogens is 913 g/mol. The van der Waals surface area contributed by atoms with E-state index in [9.17, 15) is 49.5 Å². The molecule has 1 atom stereocenters. The molecule has 5 aromatic rings. The summed E-state index contributed by atoms with van der Waals surface area (Å²) in [5.41, 5.74) is -1.60. The highest BCUT2D eigenvalue weighted by Gasteiger charge is 2.51. The zero-order valence-electron chi connectivity index (χ0n) is 38.0. The number of cyclic esters (lactones) is 1. The van der Waals surface area contributed by atoms with Crippen LogP contribution in [-0.2, 0) is 49.1 Å². The molecule has 3 aromatic carbocycles. The summed E-state index contributed by atoms with van der Waals surface area (Å²) in [7, 11) is 0. The Morgan fingerprint density at radius 3 is 2.30 bits per heavy atom. The fourth-order valence-electron chi connectivity index (χ4n) is 10.6. The number of oxime groups is 1. The lowest BCUT2D eigenvalue weighted by atomic mass is 9.85. The number of benzene rings is 3. The van der Waals surface area contributed by atoms with Crippen molar-refractivity contribution in [1.82, 2.24) is 19.4 Å². The number of nitro benzene ring substituents is 3. The second-order valence-corrected chi connectivity index (χ2v) is 17.8. The number of hydrogen-bond donors (Lipinski definition) is 0. The van der Waals surface area contributed by atoms with Gasteiger partial charge in [0, 0.05) is 65.0 Å². The van der Waals surface area contributed by atoms with Gasteiger partial charge in [-0.3, -0.25) is 35.1 Å². The van der Waals surface area contributed by atoms with Gasteiger partial charge in [0.25, 0.3) is 22.6 Å². The van der Waals surface area contributed by atoms with Crippen LogP contribution >= 0.6 is 0 Å². The van der Waals surface area contributed by atoms with E-state index in [0.29, 0.717) is 48.2 Å². The maximum atomic E-state index is 14.4. The number of non-ortho nitro benzene ring substituents is 2. The van der Waals surface area contributed by atoms with E-state index in [0.717, 1.165) is 66.7 Å². The Balaban J connectivity index is 0.917. The number of nitrogens with zero attached hydrogens (tertiary/aromatic N) is 8. The summed E-state index contributed by atoms with van der Waals surface area (Å²) in [5, 5.41) is 40.3. The minimum atomic E-state index is -2.14. The number of amides is 1. The van der Waals surface area contributed by atoms with Gasteiger partial charge in [0.1, 0.15) is 18.1 Å². The molecule has 2 saturated heterocycles. The number of aryl methyl sites for hydroxylation is 1. The van der Waals surface area contributed by atoms with E-state index in [4.69, 9.17) is 24.0 Å². The maximum absolute atomic E-state index is 14.4. The number of nitro groups is 3. The summed E-state index contributed by atoms with van der Waals surface area (Å²) in [6.45, 7) is 5.73. The number of esters is 2. The highest BCUT2D eigenvalue weighted by atomic mass is 16.7. The van der Waals surface area contributed by atoms with Gasteiger partial charge in [-0.05, 0) is 93.1 Å². The Bertz CT molecular complexity index is 3210. The first kappa shape index (κ1) is 45.6. The van der Waals surface area contributed by atoms with E-state index in [-0.39, 0.29) is 52.1 Å². The van der Waals surface area contributed by atoms with Gasteiger partial charge in [-0.15, -0.1) is 0 Å². The van der Waals surface area contributed by atoms with Crippen molar-refractivity contribution < 1.29 is 48.2 Å². The van der Waals surface area contributed by atoms with Crippen LogP contribution in [0.25, 0.3) is 33.4 Å². The Labute approximate surface area is 396 Å². The average Bonchev–Trinajstić information content (AvgIpc) is 3.89. The lowest BCUT2D eigenvalue weighted by Crippen LogP contribution is -2.48. The Hall–Kier alpha value is -8.14. The molecule has 1 amide bonds. The van der Waals surface area contributed by atoms with Gasteiger partial charge >= 0.3 is 18.0 Å². The Morgan fingerprint density at radius 1 is 0.857 bits per heavy atom. The second-order valence-electron chi connectivity index (χ2n) is 17.8. The smallest absolute Gasteiger partial charge is 0.415 e. The van der Waals surface area contributed by atoms with Gasteiger partial charge in [0.05, 0.1) is 55.4 Å². The summed E-state index contributed by atoms with van der Waals surface area (Å²) in [6.07, 6.45) is 5.43. The third-order valence-corrected chi connectivity index (χ3v) is 14.1. The molecule has 2 aromatic heterocycles. The van der Waals surface area contributed by atoms with E-state index >= 15 is 0 Å². The standard InChI is InChI=1S/C48H44N8O14/c1-3-30-32-21-29(69-47(60)52-16-12-26(13-17-52)51-14-6-5-7-15-51)9-11-38(32)49-44-35(30)23-53-40(44)22-37-36(45(53)58)24-67-46(59)48(37,4-2)70-41(57)25-68-50-43-33-18-27(54(61)62)8-10-31(33)42-34(43)19-28(55(63)64)20-39(42)56(65)66/h8-11,18-22,26H,3-7,12-17,23-25H2,1-2H3/b50-43-/t48-/m0/s1. The van der Waals surface area contributed by atoms with Crippen LogP contribution in [0.5, 0.6) is 5.75 Å². The third-order valence-electron chi connectivity index (χ3n) is 14.1. The largest absolute Gasteiger partial charge is 0.457 e. The topological polar surface area (TPSA) is 271 Å². The summed E-state index contributed by atoms with van der Waals surface area (Å²) >= 11 is 0. The van der Waals surface area contributed by atoms with Crippen molar-refractivity contribution in [3.05, 3.63) is 129 Å². The first-order chi connectivity index (χ1) is 33.7. The molecule has 0 bridgehead atoms. The molecule has 70 heavy (non-hydrogen) atoms. The van der Waals surface area contributed by atoms with Crippen LogP contribution in [0.2, 0.25) is 0 Å². The van der Waals surface area contributed by atoms with Gasteiger partial charge < -0.3 is 33.4 Å². The van der Waals surface area contributed by atoms with Gasteiger partial charge in [0.15, 0.2) is 0 Å². The minimum absolute atomic E-state index is 0.0315. The Kier molecular flexibility index (Phi) is 11.6. The van der Waals surface area contributed by atoms with Crippen LogP contribution in [0.15, 0.2) is 64.5 Å². The van der Waals surface area contributed by atoms with Crippen molar-refractivity contribution in [1.29, 1.82) is 0 Å². The van der Waals surface area contributed by atoms with Gasteiger partial charge in [-0.25, -0.2) is 19.4 Å². The second kappa shape index (κ2) is 17.7. The number of pyridine rings is 2. The highest BCUT2D eigenvalue weighted by Crippen LogP contribution is 2.47. The fourth-order valence-corrected chi connectivity index (χ4v) is 10.6. The lowest BCUT2D eigenvalue weighted by Gasteiger charge is -2.39. The number of ether oxygens (including phenoxy) is 3. The molecule has 4 aliphatic heterocycles. The summed E-state index contributed by atoms with van der Waals surface area (Å²) in [5.74, 6) is -1.74. The third kappa shape index (κ3) is 7.63. The van der Waals surface area contributed by atoms with Crippen LogP contribution in [0.1, 0.15) is 85.8 Å². The lowest BCUT2D eigenvalue weighted by molar-refractivity contribution is -0.393. The molecule has 1 aliphatic carbocycles. The quantitative estimate of drug-likeness (QED) is 0.0731. The molecule has 0 unspecified atom stereocenters. The molecule has 22 heteroatoms. The fraction of sp³-hybridized carbons (Fsp3) is 0.375. The number of aromatic nitrogens is 2. The highest BCUT2D eigenvalue weighted by molar-refractivity contribution is 6.26. The number of carbonyl (C=O) groups is 3. The average molecular weight is 957 g/mol. The summed E-state index contributed by atoms with van der Waals surface area (Å²) in [6, 6.07) is 12.5. The Morgan fingerprint density at radius 2 is 1.60 bits per heavy atom. The van der Waals surface area contributed by atoms with E-state index in [2.05, 4.69) is 10.1 Å². The van der Waals surface area contributed by atoms with Crippen LogP contribution in [0, 0.1) is 30.3 Å². The number of rotatable bonds is 11. The van der Waals surface area contributed by atoms with Gasteiger partial charge in [-0.1, -0.05) is 25.4 Å². The van der Waals surface area contributed by atoms with Crippen molar-refractivity contribution in [2.45, 2.75) is 83.6 Å². The van der Waals surface area contributed by atoms with Crippen LogP contribution in [0.3, 0.4) is 0 Å². The van der Waals surface area contributed by atoms with Crippen molar-refractivity contribution in [3.63, 3.8) is 0 Å². The van der Waals surface area contributed by atoms with Crippen LogP contribution in [-0.4, -0.2) is 96.7 Å². The van der Waals surface area contributed by atoms with Gasteiger partial charge in [-0.2, -0.15) is 0 Å². The first-order valence-electron chi connectivity index (χ1n) is 23.0. The molecule has 0 N–H and O–H groups in total. The predicted octanol–water partition coefficient (Wildman–Crippen LogP) is 6.82. The molecule has 0 radical (unpaired) electrons. The van der Waals surface area contributed by atoms with E-state index in [1.807, 2.05) is 6.92 Å². The van der Waals surface area contributed by atoms with Gasteiger partial charge in [0.2, 0.25) is 12.2 Å². The zero-order chi connectivity index (χ0) is 49.2. The predicted molar refractivity (Wildman–Crippen MR) is 247 cm³/mol. The van der Waals surface area contributed by atoms with Crippen molar-refractivity contribution >= 4 is 51.7 Å². The molecular formula is C48H44N8O14. The molecule has 0 saturated carbocycles. The molecule has 22 nitrogen and oxygen atoms in total. The van der Waals surface area contributed by atoms with E-state index in [1.165, 1.54) is 29.9 Å². The van der Waals surface area contributed by atoms with Crippen molar-refractivity contribution in [3.8, 4) is 28.3 Å². The molecule has 360 valence electrons. The molecule has 2 fully saturated rings. The summed E-state index contributed by atoms with van der Waals surface area (Å²) in [4.78, 5) is 103. The van der Waals surface area contributed by atoms with Crippen molar-refractivity contribution in [2.24, 2.45) is 5.16 Å². The summed E-state index contributed by atoms with van der Waals surface area (Å²) < 4.78 is 18.8. The normalized spacial score (nSPS) is 18.9.